The van der Waals surface area contributed by atoms with E-state index in [2.05, 4.69) is 9.97 Å². The third kappa shape index (κ3) is 2.41. The van der Waals surface area contributed by atoms with Crippen molar-refractivity contribution < 1.29 is 4.57 Å². The largest absolute Gasteiger partial charge is 0.307 e. The van der Waals surface area contributed by atoms with Gasteiger partial charge >= 0.3 is 0 Å². The summed E-state index contributed by atoms with van der Waals surface area (Å²) < 4.78 is 13.9. The van der Waals surface area contributed by atoms with Crippen LogP contribution >= 0.6 is 7.14 Å². The van der Waals surface area contributed by atoms with Crippen LogP contribution in [0.4, 0.5) is 0 Å². The van der Waals surface area contributed by atoms with Crippen molar-refractivity contribution in [2.24, 2.45) is 0 Å². The van der Waals surface area contributed by atoms with E-state index in [-0.39, 0.29) is 0 Å². The van der Waals surface area contributed by atoms with Crippen molar-refractivity contribution in [1.82, 2.24) is 9.97 Å². The Labute approximate surface area is 124 Å². The van der Waals surface area contributed by atoms with Crippen LogP contribution in [0.1, 0.15) is 5.69 Å². The number of hydrogen-bond donors (Lipinski definition) is 0. The zero-order valence-corrected chi connectivity index (χ0v) is 12.6. The van der Waals surface area contributed by atoms with Gasteiger partial charge in [0, 0.05) is 23.0 Å². The van der Waals surface area contributed by atoms with Gasteiger partial charge in [-0.05, 0) is 6.92 Å². The van der Waals surface area contributed by atoms with Gasteiger partial charge in [-0.3, -0.25) is 4.98 Å². The summed E-state index contributed by atoms with van der Waals surface area (Å²) in [7, 11) is -2.99. The Morgan fingerprint density at radius 3 is 1.71 bits per heavy atom. The van der Waals surface area contributed by atoms with Gasteiger partial charge in [0.25, 0.3) is 0 Å². The Kier molecular flexibility index (Phi) is 3.68. The van der Waals surface area contributed by atoms with Gasteiger partial charge in [-0.2, -0.15) is 0 Å². The van der Waals surface area contributed by atoms with E-state index in [0.717, 1.165) is 10.6 Å². The molecule has 1 aromatic heterocycles. The first-order valence-electron chi connectivity index (χ1n) is 6.72. The number of aromatic nitrogens is 2. The van der Waals surface area contributed by atoms with Crippen molar-refractivity contribution in [3.8, 4) is 0 Å². The summed E-state index contributed by atoms with van der Waals surface area (Å²) >= 11 is 0. The molecule has 3 rings (SSSR count). The first-order valence-corrected chi connectivity index (χ1v) is 8.43. The van der Waals surface area contributed by atoms with Crippen LogP contribution in [0.5, 0.6) is 0 Å². The normalized spacial score (nSPS) is 11.3. The first-order chi connectivity index (χ1) is 10.2. The van der Waals surface area contributed by atoms with Gasteiger partial charge < -0.3 is 4.57 Å². The summed E-state index contributed by atoms with van der Waals surface area (Å²) in [6.07, 6.45) is 3.22. The van der Waals surface area contributed by atoms with E-state index in [9.17, 15) is 4.57 Å². The maximum absolute atomic E-state index is 13.9. The predicted octanol–water partition coefficient (Wildman–Crippen LogP) is 2.42. The zero-order valence-electron chi connectivity index (χ0n) is 11.7. The molecule has 1 heterocycles. The summed E-state index contributed by atoms with van der Waals surface area (Å²) in [6.45, 7) is 1.85. The van der Waals surface area contributed by atoms with Gasteiger partial charge in [0.15, 0.2) is 7.14 Å². The molecule has 0 saturated carbocycles. The molecule has 0 spiro atoms. The quantitative estimate of drug-likeness (QED) is 0.697. The van der Waals surface area contributed by atoms with E-state index in [1.54, 1.807) is 12.4 Å². The molecule has 0 aliphatic rings. The Hall–Kier alpha value is -2.25. The minimum absolute atomic E-state index is 0.558. The fourth-order valence-electron chi connectivity index (χ4n) is 2.38. The second-order valence-electron chi connectivity index (χ2n) is 4.75. The molecule has 0 radical (unpaired) electrons. The average Bonchev–Trinajstić information content (AvgIpc) is 2.56. The Bertz CT molecular complexity index is 745. The number of benzene rings is 2. The van der Waals surface area contributed by atoms with Crippen molar-refractivity contribution in [1.29, 1.82) is 0 Å². The summed E-state index contributed by atoms with van der Waals surface area (Å²) in [5.74, 6) is 0. The molecule has 0 aliphatic heterocycles. The van der Waals surface area contributed by atoms with E-state index in [0.29, 0.717) is 11.1 Å². The molecule has 3 aromatic rings. The van der Waals surface area contributed by atoms with Crippen molar-refractivity contribution in [2.45, 2.75) is 6.92 Å². The molecule has 0 atom stereocenters. The van der Waals surface area contributed by atoms with Gasteiger partial charge in [0.2, 0.25) is 0 Å². The summed E-state index contributed by atoms with van der Waals surface area (Å²) in [6, 6.07) is 19.0. The van der Waals surface area contributed by atoms with E-state index in [1.807, 2.05) is 67.6 Å². The zero-order chi connectivity index (χ0) is 14.7. The number of rotatable bonds is 3. The van der Waals surface area contributed by atoms with E-state index in [4.69, 9.17) is 0 Å². The molecule has 21 heavy (non-hydrogen) atoms. The number of nitrogens with zero attached hydrogens (tertiary/aromatic N) is 2. The Morgan fingerprint density at radius 2 is 1.24 bits per heavy atom. The lowest BCUT2D eigenvalue weighted by Crippen LogP contribution is -2.29. The average molecular weight is 294 g/mol. The topological polar surface area (TPSA) is 42.9 Å². The third-order valence-electron chi connectivity index (χ3n) is 3.39. The molecule has 3 nitrogen and oxygen atoms in total. The molecule has 0 saturated heterocycles. The smallest absolute Gasteiger partial charge is 0.190 e. The number of hydrogen-bond acceptors (Lipinski definition) is 3. The molecule has 0 amide bonds. The lowest BCUT2D eigenvalue weighted by molar-refractivity contribution is 0.591. The summed E-state index contributed by atoms with van der Waals surface area (Å²) in [5, 5.41) is 1.56. The molecular formula is C17H15N2OP. The predicted molar refractivity (Wildman–Crippen MR) is 86.2 cm³/mol. The van der Waals surface area contributed by atoms with Crippen molar-refractivity contribution >= 4 is 23.2 Å². The summed E-state index contributed by atoms with van der Waals surface area (Å²) in [4.78, 5) is 8.64. The molecule has 0 aliphatic carbocycles. The van der Waals surface area contributed by atoms with Crippen LogP contribution in [-0.4, -0.2) is 9.97 Å². The van der Waals surface area contributed by atoms with Gasteiger partial charge in [-0.1, -0.05) is 60.7 Å². The molecule has 0 fully saturated rings. The summed E-state index contributed by atoms with van der Waals surface area (Å²) in [5.41, 5.74) is 1.26. The van der Waals surface area contributed by atoms with Crippen molar-refractivity contribution in [3.05, 3.63) is 78.8 Å². The molecule has 104 valence electrons. The Balaban J connectivity index is 2.32. The highest BCUT2D eigenvalue weighted by Crippen LogP contribution is 2.41. The second kappa shape index (κ2) is 5.63. The van der Waals surface area contributed by atoms with Gasteiger partial charge in [-0.25, -0.2) is 4.98 Å². The molecule has 0 N–H and O–H groups in total. The van der Waals surface area contributed by atoms with E-state index >= 15 is 0 Å². The van der Waals surface area contributed by atoms with Gasteiger partial charge in [-0.15, -0.1) is 0 Å². The second-order valence-corrected chi connectivity index (χ2v) is 7.42. The van der Waals surface area contributed by atoms with Crippen LogP contribution in [0.2, 0.25) is 0 Å². The maximum Gasteiger partial charge on any atom is 0.190 e. The highest BCUT2D eigenvalue weighted by atomic mass is 31.2. The van der Waals surface area contributed by atoms with Crippen LogP contribution in [0.3, 0.4) is 0 Å². The molecule has 2 aromatic carbocycles. The first kappa shape index (κ1) is 13.7. The van der Waals surface area contributed by atoms with Gasteiger partial charge in [0.05, 0.1) is 5.69 Å². The van der Waals surface area contributed by atoms with Crippen LogP contribution in [0, 0.1) is 6.92 Å². The van der Waals surface area contributed by atoms with E-state index < -0.39 is 7.14 Å². The van der Waals surface area contributed by atoms with Crippen LogP contribution in [0.25, 0.3) is 0 Å². The molecule has 0 bridgehead atoms. The minimum atomic E-state index is -2.99. The molecule has 4 heteroatoms. The van der Waals surface area contributed by atoms with Crippen LogP contribution < -0.4 is 16.0 Å². The molecule has 0 unspecified atom stereocenters. The monoisotopic (exact) mass is 294 g/mol. The Morgan fingerprint density at radius 1 is 0.762 bits per heavy atom. The maximum atomic E-state index is 13.9. The molecular weight excluding hydrogens is 279 g/mol. The van der Waals surface area contributed by atoms with Crippen molar-refractivity contribution in [3.63, 3.8) is 0 Å². The van der Waals surface area contributed by atoms with Crippen LogP contribution in [0.15, 0.2) is 73.1 Å². The highest BCUT2D eigenvalue weighted by Gasteiger charge is 2.32. The fourth-order valence-corrected chi connectivity index (χ4v) is 5.09. The lowest BCUT2D eigenvalue weighted by Gasteiger charge is -2.19. The fraction of sp³-hybridized carbons (Fsp3) is 0.0588. The third-order valence-corrected chi connectivity index (χ3v) is 6.48. The van der Waals surface area contributed by atoms with E-state index in [1.165, 1.54) is 0 Å². The van der Waals surface area contributed by atoms with Crippen LogP contribution in [-0.2, 0) is 4.57 Å². The van der Waals surface area contributed by atoms with Crippen molar-refractivity contribution in [2.75, 3.05) is 0 Å². The standard InChI is InChI=1S/C17H15N2OP/c1-14-17(19-13-12-18-14)21(20,15-8-4-2-5-9-15)16-10-6-3-7-11-16/h2-13H,1H3. The SMILES string of the molecule is Cc1nccnc1P(=O)(c1ccccc1)c1ccccc1. The number of aryl methyl sites for hydroxylation is 1. The minimum Gasteiger partial charge on any atom is -0.307 e. The highest BCUT2D eigenvalue weighted by molar-refractivity contribution is 7.85. The van der Waals surface area contributed by atoms with Gasteiger partial charge in [0.1, 0.15) is 5.44 Å². The lowest BCUT2D eigenvalue weighted by atomic mass is 10.4.